The number of aryl methyl sites for hydroxylation is 1. The molecule has 0 saturated carbocycles. The Labute approximate surface area is 217 Å². The summed E-state index contributed by atoms with van der Waals surface area (Å²) >= 11 is 2.03. The molecule has 11 nitrogen and oxygen atoms in total. The molecule has 5 heterocycles. The van der Waals surface area contributed by atoms with E-state index in [-0.39, 0.29) is 5.56 Å². The van der Waals surface area contributed by atoms with Crippen molar-refractivity contribution in [1.82, 2.24) is 29.2 Å². The van der Waals surface area contributed by atoms with E-state index in [1.807, 2.05) is 16.1 Å². The van der Waals surface area contributed by atoms with Gasteiger partial charge in [0.05, 0.1) is 16.5 Å². The number of fused-ring (bicyclic) bond motifs is 1. The van der Waals surface area contributed by atoms with E-state index in [1.54, 1.807) is 25.3 Å². The highest BCUT2D eigenvalue weighted by molar-refractivity contribution is 7.99. The fourth-order valence-corrected chi connectivity index (χ4v) is 5.34. The second kappa shape index (κ2) is 14.1. The molecule has 2 aliphatic heterocycles. The van der Waals surface area contributed by atoms with Crippen LogP contribution in [0.1, 0.15) is 35.2 Å². The summed E-state index contributed by atoms with van der Waals surface area (Å²) in [7, 11) is -0.719. The number of pyridine rings is 1. The van der Waals surface area contributed by atoms with Crippen molar-refractivity contribution >= 4 is 45.7 Å². The number of carbonyl (C=O) groups is 1. The lowest BCUT2D eigenvalue weighted by Gasteiger charge is -2.22. The van der Waals surface area contributed by atoms with Crippen LogP contribution >= 0.6 is 11.8 Å². The van der Waals surface area contributed by atoms with Crippen molar-refractivity contribution in [3.8, 4) is 0 Å². The van der Waals surface area contributed by atoms with E-state index < -0.39 is 16.9 Å². The number of piperidine rings is 1. The van der Waals surface area contributed by atoms with Crippen LogP contribution < -0.4 is 21.9 Å². The Morgan fingerprint density at radius 3 is 2.47 bits per heavy atom. The number of carbonyl (C=O) groups excluding carboxylic acids is 1. The first kappa shape index (κ1) is 27.8. The predicted molar refractivity (Wildman–Crippen MR) is 146 cm³/mol. The number of anilines is 2. The summed E-state index contributed by atoms with van der Waals surface area (Å²) in [5, 5.41) is 10.2. The minimum atomic E-state index is -0.719. The Balaban J connectivity index is 0.000000196. The third-order valence-corrected chi connectivity index (χ3v) is 7.77. The smallest absolute Gasteiger partial charge is 0.271 e. The molecule has 196 valence electrons. The Morgan fingerprint density at radius 1 is 1.22 bits per heavy atom. The Bertz CT molecular complexity index is 1210. The standard InChI is InChI=1S/C13H12N6O2.C6H13NOS.C4H9NS/c1-7-8(11(14)20)5-19-10(7)12(16-6-17-19)18-9-3-2-4-15-13(9)21;1-9(8)7-5-3-2-4-6-7;1-3-6-4-2-5-1/h2-6H,1H3,(H2,14,20)(H,15,21)(H,16,17,18);2-6H2,1H3;5H,1-4H2. The maximum atomic E-state index is 11.7. The zero-order valence-corrected chi connectivity index (χ0v) is 22.3. The summed E-state index contributed by atoms with van der Waals surface area (Å²) in [6.45, 7) is 6.24. The van der Waals surface area contributed by atoms with Gasteiger partial charge < -0.3 is 21.4 Å². The van der Waals surface area contributed by atoms with E-state index in [2.05, 4.69) is 25.7 Å². The molecule has 1 amide bonds. The van der Waals surface area contributed by atoms with Crippen LogP contribution in [0.2, 0.25) is 0 Å². The molecule has 0 aromatic carbocycles. The first-order valence-electron chi connectivity index (χ1n) is 11.8. The molecule has 0 radical (unpaired) electrons. The average Bonchev–Trinajstić information content (AvgIpc) is 3.25. The van der Waals surface area contributed by atoms with Gasteiger partial charge in [-0.15, -0.1) is 0 Å². The molecule has 1 atom stereocenters. The highest BCUT2D eigenvalue weighted by Gasteiger charge is 2.16. The summed E-state index contributed by atoms with van der Waals surface area (Å²) in [5.74, 6) is 2.49. The molecule has 0 bridgehead atoms. The van der Waals surface area contributed by atoms with Crippen LogP contribution in [0.15, 0.2) is 35.6 Å². The van der Waals surface area contributed by atoms with Gasteiger partial charge >= 0.3 is 0 Å². The molecule has 5 rings (SSSR count). The fraction of sp³-hybridized carbons (Fsp3) is 0.478. The summed E-state index contributed by atoms with van der Waals surface area (Å²) in [5.41, 5.74) is 7.01. The monoisotopic (exact) mass is 534 g/mol. The summed E-state index contributed by atoms with van der Waals surface area (Å²) in [6, 6.07) is 3.33. The Kier molecular flexibility index (Phi) is 10.9. The van der Waals surface area contributed by atoms with E-state index in [0.29, 0.717) is 28.1 Å². The van der Waals surface area contributed by atoms with Gasteiger partial charge in [-0.05, 0) is 37.5 Å². The minimum Gasteiger partial charge on any atom is -0.366 e. The van der Waals surface area contributed by atoms with Gasteiger partial charge in [0.15, 0.2) is 5.82 Å². The van der Waals surface area contributed by atoms with Gasteiger partial charge in [0.25, 0.3) is 11.5 Å². The predicted octanol–water partition coefficient (Wildman–Crippen LogP) is 1.66. The molecule has 3 aromatic rings. The van der Waals surface area contributed by atoms with Crippen LogP contribution in [0.25, 0.3) is 5.52 Å². The van der Waals surface area contributed by atoms with Gasteiger partial charge in [0.2, 0.25) is 0 Å². The number of nitrogens with zero attached hydrogens (tertiary/aromatic N) is 4. The number of rotatable bonds is 4. The highest BCUT2D eigenvalue weighted by Crippen LogP contribution is 2.23. The number of nitrogens with two attached hydrogens (primary N) is 1. The van der Waals surface area contributed by atoms with Crippen molar-refractivity contribution in [3.05, 3.63) is 52.3 Å². The Morgan fingerprint density at radius 2 is 1.94 bits per heavy atom. The minimum absolute atomic E-state index is 0.270. The molecule has 2 saturated heterocycles. The number of amides is 1. The fourth-order valence-electron chi connectivity index (χ4n) is 3.79. The molecule has 0 spiro atoms. The van der Waals surface area contributed by atoms with Crippen LogP contribution in [0.3, 0.4) is 0 Å². The van der Waals surface area contributed by atoms with E-state index in [4.69, 9.17) is 5.73 Å². The number of hydrogen-bond acceptors (Lipinski definition) is 8. The molecule has 1 unspecified atom stereocenters. The molecule has 2 aliphatic rings. The number of nitrogens with one attached hydrogen (secondary N) is 3. The maximum Gasteiger partial charge on any atom is 0.271 e. The van der Waals surface area contributed by atoms with E-state index in [1.165, 1.54) is 67.1 Å². The number of primary amides is 1. The number of aromatic amines is 1. The third-order valence-electron chi connectivity index (χ3n) is 5.69. The van der Waals surface area contributed by atoms with Gasteiger partial charge in [-0.3, -0.25) is 9.59 Å². The van der Waals surface area contributed by atoms with Crippen molar-refractivity contribution in [3.63, 3.8) is 0 Å². The SMILES string of the molecule is C1CSCCN1.CS(=O)N1CCCCC1.Cc1c(C(N)=O)cn2ncnc(Nc3ccc[nH]c3=O)c12. The summed E-state index contributed by atoms with van der Waals surface area (Å²) in [6.07, 6.45) is 9.92. The van der Waals surface area contributed by atoms with Crippen LogP contribution in [0.4, 0.5) is 11.5 Å². The molecule has 13 heteroatoms. The summed E-state index contributed by atoms with van der Waals surface area (Å²) in [4.78, 5) is 29.8. The van der Waals surface area contributed by atoms with Crippen LogP contribution in [-0.4, -0.2) is 77.9 Å². The maximum absolute atomic E-state index is 11.7. The lowest BCUT2D eigenvalue weighted by atomic mass is 10.2. The Hall–Kier alpha value is -2.74. The van der Waals surface area contributed by atoms with E-state index in [9.17, 15) is 13.8 Å². The molecule has 3 aromatic heterocycles. The van der Waals surface area contributed by atoms with Gasteiger partial charge in [-0.25, -0.2) is 18.0 Å². The lowest BCUT2D eigenvalue weighted by molar-refractivity contribution is 0.1000. The van der Waals surface area contributed by atoms with Crippen LogP contribution in [0.5, 0.6) is 0 Å². The van der Waals surface area contributed by atoms with Crippen LogP contribution in [-0.2, 0) is 11.0 Å². The largest absolute Gasteiger partial charge is 0.366 e. The van der Waals surface area contributed by atoms with Crippen LogP contribution in [0, 0.1) is 6.92 Å². The highest BCUT2D eigenvalue weighted by atomic mass is 32.2. The quantitative estimate of drug-likeness (QED) is 0.395. The lowest BCUT2D eigenvalue weighted by Crippen LogP contribution is -2.30. The van der Waals surface area contributed by atoms with Crippen molar-refractivity contribution in [2.24, 2.45) is 5.73 Å². The number of thioether (sulfide) groups is 1. The first-order valence-corrected chi connectivity index (χ1v) is 14.5. The molecular weight excluding hydrogens is 500 g/mol. The molecule has 0 aliphatic carbocycles. The first-order chi connectivity index (χ1) is 17.4. The molecule has 36 heavy (non-hydrogen) atoms. The number of hydrogen-bond donors (Lipinski definition) is 4. The van der Waals surface area contributed by atoms with Crippen molar-refractivity contribution in [2.75, 3.05) is 49.3 Å². The van der Waals surface area contributed by atoms with E-state index in [0.717, 1.165) is 13.1 Å². The van der Waals surface area contributed by atoms with Gasteiger partial charge in [-0.2, -0.15) is 16.9 Å². The van der Waals surface area contributed by atoms with Gasteiger partial charge in [0, 0.05) is 56.3 Å². The normalized spacial score (nSPS) is 16.7. The average molecular weight is 535 g/mol. The number of aromatic nitrogens is 4. The van der Waals surface area contributed by atoms with Gasteiger partial charge in [0.1, 0.15) is 17.5 Å². The van der Waals surface area contributed by atoms with E-state index >= 15 is 0 Å². The summed E-state index contributed by atoms with van der Waals surface area (Å²) < 4.78 is 14.4. The molecule has 2 fully saturated rings. The zero-order chi connectivity index (χ0) is 25.9. The number of H-pyrrole nitrogens is 1. The topological polar surface area (TPSA) is 151 Å². The zero-order valence-electron chi connectivity index (χ0n) is 20.7. The second-order valence-corrected chi connectivity index (χ2v) is 10.8. The van der Waals surface area contributed by atoms with Crippen molar-refractivity contribution < 1.29 is 9.00 Å². The van der Waals surface area contributed by atoms with Crippen molar-refractivity contribution in [2.45, 2.75) is 26.2 Å². The third kappa shape index (κ3) is 7.88. The van der Waals surface area contributed by atoms with Gasteiger partial charge in [-0.1, -0.05) is 6.42 Å². The molecule has 5 N–H and O–H groups in total. The second-order valence-electron chi connectivity index (χ2n) is 8.25. The molecular formula is C23H34N8O3S2. The van der Waals surface area contributed by atoms with Crippen molar-refractivity contribution in [1.29, 1.82) is 0 Å².